The number of nitrogens with zero attached hydrogens (tertiary/aromatic N) is 1. The van der Waals surface area contributed by atoms with Crippen molar-refractivity contribution in [2.75, 3.05) is 6.54 Å². The summed E-state index contributed by atoms with van der Waals surface area (Å²) in [5.41, 5.74) is 0. The van der Waals surface area contributed by atoms with Crippen LogP contribution < -0.4 is 5.32 Å². The van der Waals surface area contributed by atoms with E-state index in [-0.39, 0.29) is 12.1 Å². The number of rotatable bonds is 4. The number of nitrogens with one attached hydrogen (secondary N) is 1. The largest absolute Gasteiger partial charge is 0.481 e. The van der Waals surface area contributed by atoms with Crippen molar-refractivity contribution in [3.8, 4) is 0 Å². The number of carboxylic acid groups (broad SMARTS) is 1. The van der Waals surface area contributed by atoms with E-state index >= 15 is 0 Å². The Morgan fingerprint density at radius 2 is 1.74 bits per heavy atom. The first-order chi connectivity index (χ1) is 9.08. The van der Waals surface area contributed by atoms with Crippen molar-refractivity contribution in [2.45, 2.75) is 51.1 Å². The third-order valence-electron chi connectivity index (χ3n) is 4.88. The summed E-state index contributed by atoms with van der Waals surface area (Å²) in [5.74, 6) is 0.143. The molecule has 0 spiro atoms. The van der Waals surface area contributed by atoms with Crippen molar-refractivity contribution in [3.05, 3.63) is 0 Å². The molecule has 2 amide bonds. The third-order valence-corrected chi connectivity index (χ3v) is 4.88. The number of urea groups is 1. The van der Waals surface area contributed by atoms with Gasteiger partial charge in [0, 0.05) is 18.6 Å². The van der Waals surface area contributed by atoms with E-state index in [4.69, 9.17) is 5.11 Å². The van der Waals surface area contributed by atoms with E-state index in [0.717, 1.165) is 0 Å². The highest BCUT2D eigenvalue weighted by molar-refractivity contribution is 5.78. The van der Waals surface area contributed by atoms with Crippen LogP contribution in [-0.4, -0.2) is 40.6 Å². The van der Waals surface area contributed by atoms with Gasteiger partial charge in [-0.2, -0.15) is 0 Å². The van der Waals surface area contributed by atoms with Gasteiger partial charge >= 0.3 is 12.0 Å². The third kappa shape index (κ3) is 2.55. The van der Waals surface area contributed by atoms with Gasteiger partial charge in [0.1, 0.15) is 0 Å². The first-order valence-electron chi connectivity index (χ1n) is 7.38. The number of carbonyl (C=O) groups excluding carboxylic acids is 1. The van der Waals surface area contributed by atoms with Crippen LogP contribution in [0, 0.1) is 17.8 Å². The van der Waals surface area contributed by atoms with Gasteiger partial charge in [-0.25, -0.2) is 4.79 Å². The Morgan fingerprint density at radius 3 is 2.16 bits per heavy atom. The fraction of sp³-hybridized carbons (Fsp3) is 0.857. The van der Waals surface area contributed by atoms with Crippen molar-refractivity contribution in [1.82, 2.24) is 10.2 Å². The molecule has 3 rings (SSSR count). The summed E-state index contributed by atoms with van der Waals surface area (Å²) in [6.45, 7) is 2.40. The summed E-state index contributed by atoms with van der Waals surface area (Å²) < 4.78 is 0. The van der Waals surface area contributed by atoms with Gasteiger partial charge in [0.05, 0.1) is 5.92 Å². The number of hydrogen-bond acceptors (Lipinski definition) is 2. The molecule has 106 valence electrons. The predicted octanol–water partition coefficient (Wildman–Crippen LogP) is 1.68. The standard InChI is InChI=1S/C14H22N2O3/c1-8-11(13(17)18)6-7-16(8)14(19)15-12(9-2-3-9)10-4-5-10/h8-12H,2-7H2,1H3,(H,15,19)(H,17,18). The first-order valence-corrected chi connectivity index (χ1v) is 7.38. The zero-order valence-electron chi connectivity index (χ0n) is 11.3. The maximum absolute atomic E-state index is 12.3. The van der Waals surface area contributed by atoms with E-state index in [0.29, 0.717) is 30.8 Å². The van der Waals surface area contributed by atoms with Crippen LogP contribution in [0.25, 0.3) is 0 Å². The van der Waals surface area contributed by atoms with Gasteiger partial charge in [-0.1, -0.05) is 0 Å². The molecule has 0 aromatic rings. The van der Waals surface area contributed by atoms with Crippen molar-refractivity contribution < 1.29 is 14.7 Å². The van der Waals surface area contributed by atoms with Crippen LogP contribution in [0.4, 0.5) is 4.79 Å². The SMILES string of the molecule is CC1C(C(=O)O)CCN1C(=O)NC(C1CC1)C1CC1. The van der Waals surface area contributed by atoms with Gasteiger partial charge in [0.15, 0.2) is 0 Å². The molecule has 0 radical (unpaired) electrons. The monoisotopic (exact) mass is 266 g/mol. The fourth-order valence-electron chi connectivity index (χ4n) is 3.31. The van der Waals surface area contributed by atoms with Crippen molar-refractivity contribution in [3.63, 3.8) is 0 Å². The molecule has 1 heterocycles. The fourth-order valence-corrected chi connectivity index (χ4v) is 3.31. The minimum atomic E-state index is -0.788. The van der Waals surface area contributed by atoms with E-state index in [1.165, 1.54) is 25.7 Å². The zero-order valence-corrected chi connectivity index (χ0v) is 11.3. The maximum Gasteiger partial charge on any atom is 0.317 e. The average Bonchev–Trinajstić information content (AvgIpc) is 3.24. The molecule has 2 aliphatic carbocycles. The first kappa shape index (κ1) is 12.8. The minimum absolute atomic E-state index is 0.0555. The zero-order chi connectivity index (χ0) is 13.6. The Bertz CT molecular complexity index is 378. The van der Waals surface area contributed by atoms with Crippen LogP contribution in [0.3, 0.4) is 0 Å². The molecule has 19 heavy (non-hydrogen) atoms. The molecule has 2 N–H and O–H groups in total. The van der Waals surface area contributed by atoms with Gasteiger partial charge in [0.2, 0.25) is 0 Å². The lowest BCUT2D eigenvalue weighted by Crippen LogP contribution is -2.48. The van der Waals surface area contributed by atoms with Crippen LogP contribution in [0.1, 0.15) is 39.0 Å². The number of hydrogen-bond donors (Lipinski definition) is 2. The maximum atomic E-state index is 12.3. The number of carboxylic acids is 1. The van der Waals surface area contributed by atoms with Crippen LogP contribution >= 0.6 is 0 Å². The highest BCUT2D eigenvalue weighted by Crippen LogP contribution is 2.44. The molecule has 0 bridgehead atoms. The summed E-state index contributed by atoms with van der Waals surface area (Å²) >= 11 is 0. The Morgan fingerprint density at radius 1 is 1.16 bits per heavy atom. The molecule has 0 aromatic carbocycles. The molecule has 0 aromatic heterocycles. The smallest absolute Gasteiger partial charge is 0.317 e. The Kier molecular flexibility index (Phi) is 3.15. The molecular weight excluding hydrogens is 244 g/mol. The predicted molar refractivity (Wildman–Crippen MR) is 69.7 cm³/mol. The van der Waals surface area contributed by atoms with Gasteiger partial charge in [-0.05, 0) is 50.9 Å². The summed E-state index contributed by atoms with van der Waals surface area (Å²) in [6.07, 6.45) is 5.49. The van der Waals surface area contributed by atoms with Crippen LogP contribution in [0.5, 0.6) is 0 Å². The highest BCUT2D eigenvalue weighted by atomic mass is 16.4. The van der Waals surface area contributed by atoms with Gasteiger partial charge < -0.3 is 15.3 Å². The number of aliphatic carboxylic acids is 1. The van der Waals surface area contributed by atoms with E-state index in [2.05, 4.69) is 5.32 Å². The van der Waals surface area contributed by atoms with E-state index in [1.807, 2.05) is 6.92 Å². The second-order valence-corrected chi connectivity index (χ2v) is 6.32. The van der Waals surface area contributed by atoms with E-state index in [1.54, 1.807) is 4.90 Å². The molecule has 1 saturated heterocycles. The second-order valence-electron chi connectivity index (χ2n) is 6.32. The average molecular weight is 266 g/mol. The van der Waals surface area contributed by atoms with Crippen molar-refractivity contribution in [2.24, 2.45) is 17.8 Å². The molecule has 5 nitrogen and oxygen atoms in total. The number of amides is 2. The quantitative estimate of drug-likeness (QED) is 0.813. The lowest BCUT2D eigenvalue weighted by Gasteiger charge is -2.27. The van der Waals surface area contributed by atoms with E-state index in [9.17, 15) is 9.59 Å². The highest BCUT2D eigenvalue weighted by Gasteiger charge is 2.44. The summed E-state index contributed by atoms with van der Waals surface area (Å²) in [4.78, 5) is 25.1. The molecule has 1 aliphatic heterocycles. The Balaban J connectivity index is 1.59. The topological polar surface area (TPSA) is 69.6 Å². The Hall–Kier alpha value is -1.26. The van der Waals surface area contributed by atoms with Gasteiger partial charge in [-0.3, -0.25) is 4.79 Å². The molecule has 2 unspecified atom stereocenters. The lowest BCUT2D eigenvalue weighted by molar-refractivity contribution is -0.142. The molecular formula is C14H22N2O3. The minimum Gasteiger partial charge on any atom is -0.481 e. The van der Waals surface area contributed by atoms with E-state index < -0.39 is 11.9 Å². The normalized spacial score (nSPS) is 30.7. The molecule has 2 saturated carbocycles. The van der Waals surface area contributed by atoms with Crippen molar-refractivity contribution in [1.29, 1.82) is 0 Å². The summed E-state index contributed by atoms with van der Waals surface area (Å²) in [7, 11) is 0. The van der Waals surface area contributed by atoms with Crippen LogP contribution in [-0.2, 0) is 4.79 Å². The lowest BCUT2D eigenvalue weighted by atomic mass is 10.0. The molecule has 2 atom stereocenters. The Labute approximate surface area is 113 Å². The van der Waals surface area contributed by atoms with Crippen LogP contribution in [0.15, 0.2) is 0 Å². The molecule has 3 aliphatic rings. The number of likely N-dealkylation sites (tertiary alicyclic amines) is 1. The molecule has 5 heteroatoms. The summed E-state index contributed by atoms with van der Waals surface area (Å²) in [6, 6.07) is 0.0835. The van der Waals surface area contributed by atoms with Crippen LogP contribution in [0.2, 0.25) is 0 Å². The van der Waals surface area contributed by atoms with Gasteiger partial charge in [-0.15, -0.1) is 0 Å². The second kappa shape index (κ2) is 4.69. The van der Waals surface area contributed by atoms with Crippen molar-refractivity contribution >= 4 is 12.0 Å². The number of carbonyl (C=O) groups is 2. The molecule has 3 fully saturated rings. The summed E-state index contributed by atoms with van der Waals surface area (Å²) in [5, 5.41) is 12.3. The van der Waals surface area contributed by atoms with Gasteiger partial charge in [0.25, 0.3) is 0 Å².